The fourth-order valence-electron chi connectivity index (χ4n) is 5.65. The largest absolute Gasteiger partial charge is 0.318 e. The smallest absolute Gasteiger partial charge is 0.259 e. The van der Waals surface area contributed by atoms with E-state index in [2.05, 4.69) is 45.1 Å². The van der Waals surface area contributed by atoms with Gasteiger partial charge in [0.1, 0.15) is 11.5 Å². The van der Waals surface area contributed by atoms with Crippen molar-refractivity contribution in [3.8, 4) is 10.6 Å². The van der Waals surface area contributed by atoms with E-state index in [9.17, 15) is 9.18 Å². The number of hydrogen-bond donors (Lipinski definition) is 1. The molecule has 5 heterocycles. The van der Waals surface area contributed by atoms with E-state index in [0.29, 0.717) is 33.5 Å². The van der Waals surface area contributed by atoms with Gasteiger partial charge in [-0.1, -0.05) is 6.07 Å². The summed E-state index contributed by atoms with van der Waals surface area (Å²) in [6.45, 7) is 8.79. The average Bonchev–Trinajstić information content (AvgIpc) is 3.13. The fourth-order valence-corrected chi connectivity index (χ4v) is 6.84. The third-order valence-electron chi connectivity index (χ3n) is 7.78. The summed E-state index contributed by atoms with van der Waals surface area (Å²) < 4.78 is 17.1. The van der Waals surface area contributed by atoms with E-state index < -0.39 is 5.82 Å². The molecule has 4 aromatic rings. The molecule has 186 valence electrons. The highest BCUT2D eigenvalue weighted by Gasteiger charge is 2.52. The van der Waals surface area contributed by atoms with Crippen LogP contribution in [-0.2, 0) is 7.05 Å². The summed E-state index contributed by atoms with van der Waals surface area (Å²) in [5, 5.41) is 3.70. The van der Waals surface area contributed by atoms with Crippen molar-refractivity contribution in [2.24, 2.45) is 12.5 Å². The first-order chi connectivity index (χ1) is 17.2. The second-order valence-electron chi connectivity index (χ2n) is 10.6. The van der Waals surface area contributed by atoms with Crippen LogP contribution in [0, 0.1) is 18.2 Å². The lowest BCUT2D eigenvalue weighted by Crippen LogP contribution is -2.63. The molecular weight excluding hydrogens is 475 g/mol. The Morgan fingerprint density at radius 1 is 1.17 bits per heavy atom. The van der Waals surface area contributed by atoms with Crippen molar-refractivity contribution in [2.45, 2.75) is 45.6 Å². The van der Waals surface area contributed by atoms with Gasteiger partial charge in [-0.25, -0.2) is 19.3 Å². The van der Waals surface area contributed by atoms with Gasteiger partial charge in [-0.2, -0.15) is 0 Å². The molecule has 1 N–H and O–H groups in total. The quantitative estimate of drug-likeness (QED) is 0.401. The maximum Gasteiger partial charge on any atom is 0.259 e. The molecule has 1 spiro atoms. The lowest BCUT2D eigenvalue weighted by atomic mass is 9.56. The number of hydrogen-bond acceptors (Lipinski definition) is 7. The molecule has 6 rings (SSSR count). The van der Waals surface area contributed by atoms with Crippen molar-refractivity contribution >= 4 is 33.2 Å². The van der Waals surface area contributed by atoms with Gasteiger partial charge < -0.3 is 9.88 Å². The van der Waals surface area contributed by atoms with E-state index in [-0.39, 0.29) is 17.2 Å². The molecule has 1 aliphatic heterocycles. The Morgan fingerprint density at radius 3 is 2.64 bits per heavy atom. The van der Waals surface area contributed by atoms with Crippen LogP contribution in [0.15, 0.2) is 41.6 Å². The second kappa shape index (κ2) is 8.45. The number of thiophene rings is 1. The third-order valence-corrected chi connectivity index (χ3v) is 9.04. The number of rotatable bonds is 5. The summed E-state index contributed by atoms with van der Waals surface area (Å²) in [6, 6.07) is 6.55. The zero-order valence-corrected chi connectivity index (χ0v) is 21.7. The molecule has 0 bridgehead atoms. The standard InChI is InChI=1S/C27H29FN6OS/c1-15(2)34-13-27(14-34)9-18(10-27)17-5-6-21(29-11-17)31-26-30-12-19(28)23(32-26)24-16(3)22-20(36-24)7-8-33(4)25(22)35/h5-8,11-12,15,18H,9-10,13-14H2,1-4H3,(H,29,30,31,32). The van der Waals surface area contributed by atoms with Gasteiger partial charge in [0.05, 0.1) is 16.5 Å². The molecule has 1 saturated heterocycles. The third kappa shape index (κ3) is 3.81. The van der Waals surface area contributed by atoms with Crippen LogP contribution >= 0.6 is 11.3 Å². The Balaban J connectivity index is 1.19. The van der Waals surface area contributed by atoms with Crippen LogP contribution in [0.4, 0.5) is 16.2 Å². The number of anilines is 2. The summed E-state index contributed by atoms with van der Waals surface area (Å²) in [5.41, 5.74) is 2.58. The number of nitrogens with zero attached hydrogens (tertiary/aromatic N) is 5. The van der Waals surface area contributed by atoms with Crippen LogP contribution in [0.3, 0.4) is 0 Å². The van der Waals surface area contributed by atoms with Crippen molar-refractivity contribution in [3.05, 3.63) is 64.1 Å². The minimum atomic E-state index is -0.527. The SMILES string of the molecule is Cc1c(-c2nc(Nc3ccc(C4CC5(C4)CN(C(C)C)C5)cn3)ncc2F)sc2ccn(C)c(=O)c12. The Bertz CT molecular complexity index is 1510. The zero-order valence-electron chi connectivity index (χ0n) is 20.9. The Labute approximate surface area is 213 Å². The Morgan fingerprint density at radius 2 is 1.94 bits per heavy atom. The summed E-state index contributed by atoms with van der Waals surface area (Å²) in [7, 11) is 1.71. The molecule has 0 aromatic carbocycles. The first-order valence-corrected chi connectivity index (χ1v) is 13.1. The molecular formula is C27H29FN6OS. The maximum atomic E-state index is 14.8. The molecule has 2 aliphatic rings. The van der Waals surface area contributed by atoms with E-state index in [1.165, 1.54) is 47.4 Å². The molecule has 1 saturated carbocycles. The molecule has 7 nitrogen and oxygen atoms in total. The van der Waals surface area contributed by atoms with E-state index in [0.717, 1.165) is 16.5 Å². The predicted octanol–water partition coefficient (Wildman–Crippen LogP) is 5.23. The number of nitrogens with one attached hydrogen (secondary N) is 1. The summed E-state index contributed by atoms with van der Waals surface area (Å²) in [4.78, 5) is 28.9. The number of aryl methyl sites for hydroxylation is 2. The van der Waals surface area contributed by atoms with Gasteiger partial charge in [-0.05, 0) is 68.2 Å². The van der Waals surface area contributed by atoms with Crippen molar-refractivity contribution in [3.63, 3.8) is 0 Å². The topological polar surface area (TPSA) is 75.9 Å². The molecule has 9 heteroatoms. The van der Waals surface area contributed by atoms with Crippen molar-refractivity contribution < 1.29 is 4.39 Å². The van der Waals surface area contributed by atoms with Gasteiger partial charge in [-0.3, -0.25) is 9.69 Å². The van der Waals surface area contributed by atoms with E-state index in [4.69, 9.17) is 0 Å². The van der Waals surface area contributed by atoms with Crippen LogP contribution < -0.4 is 10.9 Å². The molecule has 0 unspecified atom stereocenters. The monoisotopic (exact) mass is 504 g/mol. The molecule has 0 atom stereocenters. The maximum absolute atomic E-state index is 14.8. The van der Waals surface area contributed by atoms with Crippen LogP contribution in [0.5, 0.6) is 0 Å². The van der Waals surface area contributed by atoms with Crippen molar-refractivity contribution in [1.29, 1.82) is 0 Å². The first-order valence-electron chi connectivity index (χ1n) is 12.3. The van der Waals surface area contributed by atoms with Crippen LogP contribution in [0.1, 0.15) is 43.7 Å². The fraction of sp³-hybridized carbons (Fsp3) is 0.407. The van der Waals surface area contributed by atoms with Crippen LogP contribution in [-0.4, -0.2) is 43.6 Å². The molecule has 2 fully saturated rings. The number of pyridine rings is 2. The number of aromatic nitrogens is 4. The van der Waals surface area contributed by atoms with Gasteiger partial charge in [0, 0.05) is 43.3 Å². The number of likely N-dealkylation sites (tertiary alicyclic amines) is 1. The minimum Gasteiger partial charge on any atom is -0.318 e. The van der Waals surface area contributed by atoms with E-state index >= 15 is 0 Å². The molecule has 4 aromatic heterocycles. The highest BCUT2D eigenvalue weighted by molar-refractivity contribution is 7.22. The lowest BCUT2D eigenvalue weighted by Gasteiger charge is -2.60. The van der Waals surface area contributed by atoms with Gasteiger partial charge in [-0.15, -0.1) is 11.3 Å². The summed E-state index contributed by atoms with van der Waals surface area (Å²) in [6.07, 6.45) is 7.27. The number of fused-ring (bicyclic) bond motifs is 1. The van der Waals surface area contributed by atoms with Gasteiger partial charge >= 0.3 is 0 Å². The highest BCUT2D eigenvalue weighted by atomic mass is 32.1. The Hall–Kier alpha value is -3.17. The molecule has 1 aliphatic carbocycles. The van der Waals surface area contributed by atoms with E-state index in [1.54, 1.807) is 13.2 Å². The molecule has 0 amide bonds. The summed E-state index contributed by atoms with van der Waals surface area (Å²) >= 11 is 1.36. The lowest BCUT2D eigenvalue weighted by molar-refractivity contribution is -0.0879. The van der Waals surface area contributed by atoms with Gasteiger partial charge in [0.2, 0.25) is 5.95 Å². The van der Waals surface area contributed by atoms with Crippen LogP contribution in [0.2, 0.25) is 0 Å². The minimum absolute atomic E-state index is 0.100. The van der Waals surface area contributed by atoms with Gasteiger partial charge in [0.25, 0.3) is 5.56 Å². The summed E-state index contributed by atoms with van der Waals surface area (Å²) in [5.74, 6) is 0.920. The highest BCUT2D eigenvalue weighted by Crippen LogP contribution is 2.56. The van der Waals surface area contributed by atoms with Crippen molar-refractivity contribution in [1.82, 2.24) is 24.4 Å². The molecule has 36 heavy (non-hydrogen) atoms. The van der Waals surface area contributed by atoms with Gasteiger partial charge in [0.15, 0.2) is 5.82 Å². The normalized spacial score (nSPS) is 17.5. The second-order valence-corrected chi connectivity index (χ2v) is 11.7. The van der Waals surface area contributed by atoms with E-state index in [1.807, 2.05) is 25.3 Å². The zero-order chi connectivity index (χ0) is 25.2. The first kappa shape index (κ1) is 23.2. The Kier molecular flexibility index (Phi) is 5.46. The average molecular weight is 505 g/mol. The van der Waals surface area contributed by atoms with Crippen LogP contribution in [0.25, 0.3) is 20.7 Å². The molecule has 0 radical (unpaired) electrons. The van der Waals surface area contributed by atoms with Crippen molar-refractivity contribution in [2.75, 3.05) is 18.4 Å². The number of halogens is 1. The predicted molar refractivity (Wildman–Crippen MR) is 141 cm³/mol.